The van der Waals surface area contributed by atoms with Gasteiger partial charge in [0.05, 0.1) is 26.9 Å². The van der Waals surface area contributed by atoms with Crippen LogP contribution >= 0.6 is 0 Å². The van der Waals surface area contributed by atoms with Crippen LogP contribution in [0.1, 0.15) is 72.4 Å². The normalized spacial score (nSPS) is 32.0. The van der Waals surface area contributed by atoms with Gasteiger partial charge in [-0.25, -0.2) is 16.8 Å². The van der Waals surface area contributed by atoms with Gasteiger partial charge in [0.15, 0.2) is 19.7 Å². The molecule has 1 N–H and O–H groups in total. The molecule has 0 bridgehead atoms. The van der Waals surface area contributed by atoms with Gasteiger partial charge in [-0.3, -0.25) is 0 Å². The lowest BCUT2D eigenvalue weighted by Gasteiger charge is -2.39. The van der Waals surface area contributed by atoms with Crippen molar-refractivity contribution in [1.29, 1.82) is 0 Å². The van der Waals surface area contributed by atoms with E-state index in [2.05, 4.69) is 27.7 Å². The standard InChI is InChI=1S/C14H20O3S.C14H20O2S/c1-10-13(2,3)9-18(16,17)12-8-6-5-7-11(12)14(10,4)15;1-10-11(2)14(3,4)9-17(15,16)13-8-6-5-7-12(10)13/h5-8,10,15H,9H2,1-4H3;5-8,10-11H,9H2,1-4H3/t;10?,11-/m.1/s1. The zero-order chi connectivity index (χ0) is 26.6. The van der Waals surface area contributed by atoms with Gasteiger partial charge in [0.25, 0.3) is 0 Å². The molecule has 194 valence electrons. The molecule has 2 aromatic rings. The third-order valence-corrected chi connectivity index (χ3v) is 13.0. The molecule has 5 nitrogen and oxygen atoms in total. The molecule has 0 aliphatic carbocycles. The lowest BCUT2D eigenvalue weighted by molar-refractivity contribution is -0.0428. The van der Waals surface area contributed by atoms with Crippen molar-refractivity contribution in [2.45, 2.75) is 76.7 Å². The minimum Gasteiger partial charge on any atom is -0.385 e. The van der Waals surface area contributed by atoms with Gasteiger partial charge < -0.3 is 5.11 Å². The summed E-state index contributed by atoms with van der Waals surface area (Å²) in [5, 5.41) is 10.8. The first-order chi connectivity index (χ1) is 15.8. The second-order valence-electron chi connectivity index (χ2n) is 12.0. The highest BCUT2D eigenvalue weighted by atomic mass is 32.2. The predicted octanol–water partition coefficient (Wildman–Crippen LogP) is 5.58. The Kier molecular flexibility index (Phi) is 7.17. The van der Waals surface area contributed by atoms with E-state index in [9.17, 15) is 21.9 Å². The fourth-order valence-electron chi connectivity index (χ4n) is 5.63. The van der Waals surface area contributed by atoms with Crippen LogP contribution in [0.25, 0.3) is 0 Å². The summed E-state index contributed by atoms with van der Waals surface area (Å²) in [6.07, 6.45) is 0. The monoisotopic (exact) mass is 520 g/mol. The quantitative estimate of drug-likeness (QED) is 0.490. The lowest BCUT2D eigenvalue weighted by Crippen LogP contribution is -2.40. The van der Waals surface area contributed by atoms with Crippen molar-refractivity contribution in [3.05, 3.63) is 59.7 Å². The molecule has 0 amide bonds. The van der Waals surface area contributed by atoms with Gasteiger partial charge in [0.1, 0.15) is 0 Å². The average Bonchev–Trinajstić information content (AvgIpc) is 2.83. The summed E-state index contributed by atoms with van der Waals surface area (Å²) in [7, 11) is -6.50. The predicted molar refractivity (Wildman–Crippen MR) is 141 cm³/mol. The van der Waals surface area contributed by atoms with E-state index in [1.54, 1.807) is 37.3 Å². The molecule has 0 saturated carbocycles. The molecule has 4 atom stereocenters. The summed E-state index contributed by atoms with van der Waals surface area (Å²) in [5.41, 5.74) is -0.295. The average molecular weight is 521 g/mol. The smallest absolute Gasteiger partial charge is 0.179 e. The molecular weight excluding hydrogens is 480 g/mol. The molecule has 0 fully saturated rings. The van der Waals surface area contributed by atoms with Gasteiger partial charge in [0, 0.05) is 5.56 Å². The summed E-state index contributed by atoms with van der Waals surface area (Å²) in [4.78, 5) is 0.803. The summed E-state index contributed by atoms with van der Waals surface area (Å²) in [6, 6.07) is 14.2. The van der Waals surface area contributed by atoms with Crippen molar-refractivity contribution >= 4 is 19.7 Å². The minimum absolute atomic E-state index is 0.0638. The Morgan fingerprint density at radius 1 is 0.714 bits per heavy atom. The van der Waals surface area contributed by atoms with Gasteiger partial charge >= 0.3 is 0 Å². The van der Waals surface area contributed by atoms with E-state index in [0.717, 1.165) is 5.56 Å². The maximum Gasteiger partial charge on any atom is 0.179 e. The van der Waals surface area contributed by atoms with Gasteiger partial charge in [-0.1, -0.05) is 84.9 Å². The number of benzene rings is 2. The molecule has 0 spiro atoms. The van der Waals surface area contributed by atoms with Crippen LogP contribution in [0.3, 0.4) is 0 Å². The maximum atomic E-state index is 12.4. The molecule has 3 unspecified atom stereocenters. The van der Waals surface area contributed by atoms with Crippen LogP contribution in [-0.2, 0) is 25.3 Å². The third-order valence-electron chi connectivity index (χ3n) is 8.63. The van der Waals surface area contributed by atoms with Crippen LogP contribution < -0.4 is 0 Å². The SMILES string of the molecule is CC1C(C)(C)CS(=O)(=O)c2ccccc2C1(C)O.CC1c2ccccc2S(=O)(=O)CC(C)(C)[C@@H]1C. The van der Waals surface area contributed by atoms with E-state index in [-0.39, 0.29) is 33.7 Å². The second-order valence-corrected chi connectivity index (χ2v) is 15.9. The van der Waals surface area contributed by atoms with E-state index in [0.29, 0.717) is 16.4 Å². The first-order valence-corrected chi connectivity index (χ1v) is 15.5. The van der Waals surface area contributed by atoms with Crippen LogP contribution in [0.5, 0.6) is 0 Å². The summed E-state index contributed by atoms with van der Waals surface area (Å²) >= 11 is 0. The molecule has 2 aliphatic heterocycles. The van der Waals surface area contributed by atoms with Crippen LogP contribution in [-0.4, -0.2) is 33.4 Å². The summed E-state index contributed by atoms with van der Waals surface area (Å²) < 4.78 is 49.7. The Labute approximate surface area is 211 Å². The van der Waals surface area contributed by atoms with E-state index in [1.807, 2.05) is 39.0 Å². The fourth-order valence-corrected chi connectivity index (χ4v) is 10.2. The molecule has 2 aromatic carbocycles. The summed E-state index contributed by atoms with van der Waals surface area (Å²) in [6.45, 7) is 15.8. The number of hydrogen-bond acceptors (Lipinski definition) is 5. The van der Waals surface area contributed by atoms with Crippen molar-refractivity contribution < 1.29 is 21.9 Å². The number of fused-ring (bicyclic) bond motifs is 2. The molecule has 7 heteroatoms. The Bertz CT molecular complexity index is 1300. The fraction of sp³-hybridized carbons (Fsp3) is 0.571. The Balaban J connectivity index is 0.000000196. The molecular formula is C28H40O5S2. The molecule has 4 rings (SSSR count). The van der Waals surface area contributed by atoms with Crippen LogP contribution in [0.15, 0.2) is 58.3 Å². The van der Waals surface area contributed by atoms with Gasteiger partial charge in [0.2, 0.25) is 0 Å². The molecule has 2 aliphatic rings. The maximum absolute atomic E-state index is 12.4. The topological polar surface area (TPSA) is 88.5 Å². The largest absolute Gasteiger partial charge is 0.385 e. The highest BCUT2D eigenvalue weighted by Crippen LogP contribution is 2.47. The van der Waals surface area contributed by atoms with E-state index in [1.165, 1.54) is 0 Å². The van der Waals surface area contributed by atoms with E-state index in [4.69, 9.17) is 0 Å². The zero-order valence-electron chi connectivity index (χ0n) is 22.2. The minimum atomic E-state index is -3.35. The van der Waals surface area contributed by atoms with E-state index < -0.39 is 30.7 Å². The van der Waals surface area contributed by atoms with Gasteiger partial charge in [-0.2, -0.15) is 0 Å². The van der Waals surface area contributed by atoms with Crippen LogP contribution in [0.2, 0.25) is 0 Å². The zero-order valence-corrected chi connectivity index (χ0v) is 23.8. The van der Waals surface area contributed by atoms with Crippen molar-refractivity contribution in [2.75, 3.05) is 11.5 Å². The van der Waals surface area contributed by atoms with Crippen molar-refractivity contribution in [2.24, 2.45) is 22.7 Å². The highest BCUT2D eigenvalue weighted by Gasteiger charge is 2.48. The number of rotatable bonds is 0. The van der Waals surface area contributed by atoms with Crippen LogP contribution in [0.4, 0.5) is 0 Å². The van der Waals surface area contributed by atoms with Crippen molar-refractivity contribution in [3.63, 3.8) is 0 Å². The summed E-state index contributed by atoms with van der Waals surface area (Å²) in [5.74, 6) is 0.777. The molecule has 2 heterocycles. The van der Waals surface area contributed by atoms with Crippen molar-refractivity contribution in [1.82, 2.24) is 0 Å². The number of aliphatic hydroxyl groups is 1. The Morgan fingerprint density at radius 2 is 1.17 bits per heavy atom. The number of hydrogen-bond donors (Lipinski definition) is 1. The second kappa shape index (κ2) is 9.00. The van der Waals surface area contributed by atoms with Crippen LogP contribution in [0, 0.1) is 22.7 Å². The van der Waals surface area contributed by atoms with Gasteiger partial charge in [-0.05, 0) is 53.2 Å². The van der Waals surface area contributed by atoms with Crippen molar-refractivity contribution in [3.8, 4) is 0 Å². The Hall–Kier alpha value is -1.70. The molecule has 0 aromatic heterocycles. The lowest BCUT2D eigenvalue weighted by atomic mass is 9.70. The van der Waals surface area contributed by atoms with E-state index >= 15 is 0 Å². The highest BCUT2D eigenvalue weighted by molar-refractivity contribution is 7.91. The first-order valence-electron chi connectivity index (χ1n) is 12.2. The number of sulfone groups is 2. The molecule has 0 radical (unpaired) electrons. The first kappa shape index (κ1) is 27.9. The Morgan fingerprint density at radius 3 is 1.77 bits per heavy atom. The van der Waals surface area contributed by atoms with Gasteiger partial charge in [-0.15, -0.1) is 0 Å². The third kappa shape index (κ3) is 5.09. The molecule has 35 heavy (non-hydrogen) atoms. The molecule has 0 saturated heterocycles.